The molecule has 0 saturated heterocycles. The van der Waals surface area contributed by atoms with Gasteiger partial charge in [0.2, 0.25) is 0 Å². The van der Waals surface area contributed by atoms with Crippen molar-refractivity contribution in [3.63, 3.8) is 0 Å². The van der Waals surface area contributed by atoms with Crippen LogP contribution in [0.15, 0.2) is 12.1 Å². The van der Waals surface area contributed by atoms with Crippen LogP contribution in [0, 0.1) is 0 Å². The number of rotatable bonds is 8. The molecule has 1 rings (SSSR count). The summed E-state index contributed by atoms with van der Waals surface area (Å²) in [6, 6.07) is 2.19. The summed E-state index contributed by atoms with van der Waals surface area (Å²) < 4.78 is 15.7. The standard InChI is InChI=1S/C14H22N2O6/c1-16(9(14(18)19)7-12(15)17)13-10(21-3)5-8(20-2)6-11(13)22-4/h5-6,9,12,17H,7,15H2,1-4H3,(H,18,19). The predicted octanol–water partition coefficient (Wildman–Crippen LogP) is 0.269. The Kier molecular flexibility index (Phi) is 6.26. The van der Waals surface area contributed by atoms with Gasteiger partial charge in [0.25, 0.3) is 0 Å². The third-order valence-corrected chi connectivity index (χ3v) is 3.26. The van der Waals surface area contributed by atoms with Crippen molar-refractivity contribution in [2.75, 3.05) is 33.3 Å². The highest BCUT2D eigenvalue weighted by Crippen LogP contribution is 2.42. The average molecular weight is 314 g/mol. The lowest BCUT2D eigenvalue weighted by Crippen LogP contribution is -2.43. The van der Waals surface area contributed by atoms with Gasteiger partial charge in [-0.3, -0.25) is 0 Å². The molecule has 22 heavy (non-hydrogen) atoms. The maximum absolute atomic E-state index is 11.5. The molecule has 2 unspecified atom stereocenters. The fraction of sp³-hybridized carbons (Fsp3) is 0.500. The van der Waals surface area contributed by atoms with Crippen molar-refractivity contribution in [2.45, 2.75) is 18.7 Å². The van der Waals surface area contributed by atoms with Gasteiger partial charge >= 0.3 is 5.97 Å². The maximum Gasteiger partial charge on any atom is 0.326 e. The molecule has 4 N–H and O–H groups in total. The molecule has 0 aliphatic carbocycles. The van der Waals surface area contributed by atoms with Crippen molar-refractivity contribution in [3.05, 3.63) is 12.1 Å². The van der Waals surface area contributed by atoms with Crippen molar-refractivity contribution in [1.29, 1.82) is 0 Å². The van der Waals surface area contributed by atoms with Gasteiger partial charge in [-0.25, -0.2) is 4.79 Å². The molecule has 0 aromatic heterocycles. The van der Waals surface area contributed by atoms with Crippen LogP contribution in [0.25, 0.3) is 0 Å². The summed E-state index contributed by atoms with van der Waals surface area (Å²) >= 11 is 0. The fourth-order valence-electron chi connectivity index (χ4n) is 2.14. The number of aliphatic hydroxyl groups is 1. The second-order valence-corrected chi connectivity index (χ2v) is 4.65. The van der Waals surface area contributed by atoms with Crippen LogP contribution in [0.1, 0.15) is 6.42 Å². The summed E-state index contributed by atoms with van der Waals surface area (Å²) in [5.74, 6) is 0.163. The molecule has 2 atom stereocenters. The molecule has 1 aromatic rings. The van der Waals surface area contributed by atoms with Gasteiger partial charge in [-0.2, -0.15) is 0 Å². The Bertz CT molecular complexity index is 495. The van der Waals surface area contributed by atoms with Crippen molar-refractivity contribution in [1.82, 2.24) is 0 Å². The first-order valence-corrected chi connectivity index (χ1v) is 6.55. The summed E-state index contributed by atoms with van der Waals surface area (Å²) in [6.45, 7) is 0. The number of hydrogen-bond acceptors (Lipinski definition) is 7. The van der Waals surface area contributed by atoms with Crippen LogP contribution in [-0.4, -0.2) is 56.8 Å². The average Bonchev–Trinajstić information content (AvgIpc) is 2.49. The van der Waals surface area contributed by atoms with Crippen LogP contribution in [0.4, 0.5) is 5.69 Å². The number of carboxylic acids is 1. The van der Waals surface area contributed by atoms with E-state index in [4.69, 9.17) is 19.9 Å². The van der Waals surface area contributed by atoms with Crippen LogP contribution < -0.4 is 24.8 Å². The molecule has 0 aliphatic heterocycles. The number of nitrogens with zero attached hydrogens (tertiary/aromatic N) is 1. The first kappa shape index (κ1) is 17.9. The normalized spacial score (nSPS) is 13.2. The number of aliphatic hydroxyl groups excluding tert-OH is 1. The van der Waals surface area contributed by atoms with Crippen molar-refractivity contribution >= 4 is 11.7 Å². The SMILES string of the molecule is COc1cc(OC)c(N(C)C(CC(N)O)C(=O)O)c(OC)c1. The smallest absolute Gasteiger partial charge is 0.326 e. The summed E-state index contributed by atoms with van der Waals surface area (Å²) in [6.07, 6.45) is -1.40. The van der Waals surface area contributed by atoms with Gasteiger partial charge in [0.1, 0.15) is 35.2 Å². The zero-order valence-corrected chi connectivity index (χ0v) is 13.1. The zero-order valence-electron chi connectivity index (χ0n) is 13.1. The summed E-state index contributed by atoms with van der Waals surface area (Å²) in [5, 5.41) is 18.7. The topological polar surface area (TPSA) is 114 Å². The summed E-state index contributed by atoms with van der Waals surface area (Å²) in [5.41, 5.74) is 5.75. The first-order valence-electron chi connectivity index (χ1n) is 6.55. The molecular formula is C14H22N2O6. The van der Waals surface area contributed by atoms with Crippen LogP contribution in [0.3, 0.4) is 0 Å². The number of methoxy groups -OCH3 is 3. The third kappa shape index (κ3) is 3.92. The van der Waals surface area contributed by atoms with Crippen molar-refractivity contribution in [2.24, 2.45) is 5.73 Å². The van der Waals surface area contributed by atoms with Gasteiger partial charge in [0.05, 0.1) is 21.3 Å². The van der Waals surface area contributed by atoms with Gasteiger partial charge in [-0.1, -0.05) is 0 Å². The second-order valence-electron chi connectivity index (χ2n) is 4.65. The lowest BCUT2D eigenvalue weighted by atomic mass is 10.1. The highest BCUT2D eigenvalue weighted by atomic mass is 16.5. The van der Waals surface area contributed by atoms with Crippen LogP contribution >= 0.6 is 0 Å². The minimum atomic E-state index is -1.25. The van der Waals surface area contributed by atoms with E-state index in [1.807, 2.05) is 0 Å². The lowest BCUT2D eigenvalue weighted by Gasteiger charge is -2.30. The number of aliphatic carboxylic acids is 1. The minimum absolute atomic E-state index is 0.149. The predicted molar refractivity (Wildman–Crippen MR) is 80.7 cm³/mol. The molecule has 0 saturated carbocycles. The molecule has 0 bridgehead atoms. The van der Waals surface area contributed by atoms with Crippen LogP contribution in [0.2, 0.25) is 0 Å². The maximum atomic E-state index is 11.5. The van der Waals surface area contributed by atoms with Gasteiger partial charge in [0, 0.05) is 25.6 Å². The second kappa shape index (κ2) is 7.71. The van der Waals surface area contributed by atoms with E-state index in [1.165, 1.54) is 26.2 Å². The van der Waals surface area contributed by atoms with Crippen molar-refractivity contribution in [3.8, 4) is 17.2 Å². The molecule has 1 aromatic carbocycles. The zero-order chi connectivity index (χ0) is 16.9. The van der Waals surface area contributed by atoms with Gasteiger partial charge in [-0.15, -0.1) is 0 Å². The fourth-order valence-corrected chi connectivity index (χ4v) is 2.14. The third-order valence-electron chi connectivity index (χ3n) is 3.26. The van der Waals surface area contributed by atoms with E-state index in [0.717, 1.165) is 0 Å². The molecule has 0 amide bonds. The Hall–Kier alpha value is -2.19. The van der Waals surface area contributed by atoms with Gasteiger partial charge < -0.3 is 35.1 Å². The van der Waals surface area contributed by atoms with E-state index >= 15 is 0 Å². The van der Waals surface area contributed by atoms with E-state index in [-0.39, 0.29) is 6.42 Å². The number of carbonyl (C=O) groups is 1. The molecule has 0 heterocycles. The molecule has 0 aliphatic rings. The first-order chi connectivity index (χ1) is 10.3. The quantitative estimate of drug-likeness (QED) is 0.586. The van der Waals surface area contributed by atoms with Crippen molar-refractivity contribution < 1.29 is 29.2 Å². The molecule has 0 fully saturated rings. The Balaban J connectivity index is 3.35. The van der Waals surface area contributed by atoms with E-state index in [9.17, 15) is 15.0 Å². The molecule has 0 radical (unpaired) electrons. The van der Waals surface area contributed by atoms with Gasteiger partial charge in [-0.05, 0) is 0 Å². The number of hydrogen-bond donors (Lipinski definition) is 3. The number of benzene rings is 1. The van der Waals surface area contributed by atoms with Gasteiger partial charge in [0.15, 0.2) is 0 Å². The van der Waals surface area contributed by atoms with Crippen LogP contribution in [-0.2, 0) is 4.79 Å². The Morgan fingerprint density at radius 2 is 1.73 bits per heavy atom. The molecule has 124 valence electrons. The Morgan fingerprint density at radius 3 is 2.05 bits per heavy atom. The monoisotopic (exact) mass is 314 g/mol. The summed E-state index contributed by atoms with van der Waals surface area (Å²) in [7, 11) is 5.98. The molecular weight excluding hydrogens is 292 g/mol. The minimum Gasteiger partial charge on any atom is -0.496 e. The largest absolute Gasteiger partial charge is 0.496 e. The molecule has 8 heteroatoms. The van der Waals surface area contributed by atoms with E-state index < -0.39 is 18.2 Å². The lowest BCUT2D eigenvalue weighted by molar-refractivity contribution is -0.139. The van der Waals surface area contributed by atoms with Crippen LogP contribution in [0.5, 0.6) is 17.2 Å². The highest BCUT2D eigenvalue weighted by Gasteiger charge is 2.29. The Labute approximate surface area is 129 Å². The summed E-state index contributed by atoms with van der Waals surface area (Å²) in [4.78, 5) is 12.9. The van der Waals surface area contributed by atoms with E-state index in [1.54, 1.807) is 19.2 Å². The van der Waals surface area contributed by atoms with E-state index in [2.05, 4.69) is 0 Å². The number of ether oxygens (including phenoxy) is 3. The number of carboxylic acid groups (broad SMARTS) is 1. The highest BCUT2D eigenvalue weighted by molar-refractivity contribution is 5.81. The number of anilines is 1. The molecule has 0 spiro atoms. The number of likely N-dealkylation sites (N-methyl/N-ethyl adjacent to an activating group) is 1. The Morgan fingerprint density at radius 1 is 1.23 bits per heavy atom. The molecule has 8 nitrogen and oxygen atoms in total. The van der Waals surface area contributed by atoms with E-state index in [0.29, 0.717) is 22.9 Å². The number of nitrogens with two attached hydrogens (primary N) is 1.